The van der Waals surface area contributed by atoms with Crippen LogP contribution in [0.15, 0.2) is 9.85 Å². The topological polar surface area (TPSA) is 75.2 Å². The van der Waals surface area contributed by atoms with E-state index in [-0.39, 0.29) is 17.2 Å². The zero-order valence-corrected chi connectivity index (χ0v) is 10.2. The van der Waals surface area contributed by atoms with Gasteiger partial charge in [-0.3, -0.25) is 9.69 Å². The first kappa shape index (κ1) is 11.3. The Kier molecular flexibility index (Phi) is 3.39. The lowest BCUT2D eigenvalue weighted by molar-refractivity contribution is -0.126. The lowest BCUT2D eigenvalue weighted by atomic mass is 10.4. The third-order valence-corrected chi connectivity index (χ3v) is 3.99. The van der Waals surface area contributed by atoms with Crippen molar-refractivity contribution in [3.63, 3.8) is 0 Å². The van der Waals surface area contributed by atoms with Gasteiger partial charge in [-0.25, -0.2) is 4.79 Å². The van der Waals surface area contributed by atoms with Crippen LogP contribution in [-0.2, 0) is 4.79 Å². The zero-order chi connectivity index (χ0) is 11.5. The van der Waals surface area contributed by atoms with Crippen molar-refractivity contribution < 1.29 is 9.59 Å². The van der Waals surface area contributed by atoms with E-state index in [1.807, 2.05) is 0 Å². The van der Waals surface area contributed by atoms with E-state index in [4.69, 9.17) is 0 Å². The van der Waals surface area contributed by atoms with Crippen molar-refractivity contribution in [2.45, 2.75) is 16.5 Å². The monoisotopic (exact) mass is 258 g/mol. The van der Waals surface area contributed by atoms with E-state index in [1.165, 1.54) is 28.0 Å². The summed E-state index contributed by atoms with van der Waals surface area (Å²) in [4.78, 5) is 24.4. The Morgan fingerprint density at radius 1 is 1.75 bits per heavy atom. The first-order chi connectivity index (χ1) is 7.68. The molecule has 0 spiro atoms. The van der Waals surface area contributed by atoms with Gasteiger partial charge >= 0.3 is 6.03 Å². The van der Waals surface area contributed by atoms with Crippen LogP contribution in [0.5, 0.6) is 0 Å². The van der Waals surface area contributed by atoms with Gasteiger partial charge in [-0.1, -0.05) is 23.1 Å². The standard InChI is InChI=1S/C8H10N4O2S2/c1-5(16-8-11-10-4-15-8)6(13)12-3-2-9-7(12)14/h4-5H,2-3H2,1H3,(H,9,14). The summed E-state index contributed by atoms with van der Waals surface area (Å²) in [6.07, 6.45) is 0. The van der Waals surface area contributed by atoms with Crippen LogP contribution in [0.25, 0.3) is 0 Å². The van der Waals surface area contributed by atoms with Crippen molar-refractivity contribution in [3.05, 3.63) is 5.51 Å². The number of hydrogen-bond donors (Lipinski definition) is 1. The highest BCUT2D eigenvalue weighted by atomic mass is 32.2. The molecule has 0 saturated carbocycles. The molecule has 0 radical (unpaired) electrons. The van der Waals surface area contributed by atoms with Crippen LogP contribution in [0, 0.1) is 0 Å². The molecule has 16 heavy (non-hydrogen) atoms. The fourth-order valence-corrected chi connectivity index (χ4v) is 3.01. The van der Waals surface area contributed by atoms with Gasteiger partial charge in [0, 0.05) is 13.1 Å². The van der Waals surface area contributed by atoms with Crippen LogP contribution >= 0.6 is 23.1 Å². The first-order valence-corrected chi connectivity index (χ1v) is 6.46. The van der Waals surface area contributed by atoms with Gasteiger partial charge < -0.3 is 5.32 Å². The molecule has 6 nitrogen and oxygen atoms in total. The summed E-state index contributed by atoms with van der Waals surface area (Å²) in [5.41, 5.74) is 1.61. The number of rotatable bonds is 3. The largest absolute Gasteiger partial charge is 0.336 e. The molecular formula is C8H10N4O2S2. The van der Waals surface area contributed by atoms with Crippen LogP contribution in [-0.4, -0.2) is 45.4 Å². The number of amides is 3. The number of urea groups is 1. The molecule has 1 fully saturated rings. The van der Waals surface area contributed by atoms with Gasteiger partial charge in [0.2, 0.25) is 5.91 Å². The minimum Gasteiger partial charge on any atom is -0.336 e. The molecule has 2 heterocycles. The van der Waals surface area contributed by atoms with Gasteiger partial charge in [0.15, 0.2) is 4.34 Å². The van der Waals surface area contributed by atoms with Gasteiger partial charge in [0.1, 0.15) is 5.51 Å². The van der Waals surface area contributed by atoms with E-state index in [0.717, 1.165) is 4.34 Å². The molecule has 8 heteroatoms. The quantitative estimate of drug-likeness (QED) is 0.802. The second kappa shape index (κ2) is 4.79. The van der Waals surface area contributed by atoms with Crippen LogP contribution in [0.3, 0.4) is 0 Å². The fourth-order valence-electron chi connectivity index (χ4n) is 1.32. The van der Waals surface area contributed by atoms with Crippen LogP contribution in [0.4, 0.5) is 4.79 Å². The summed E-state index contributed by atoms with van der Waals surface area (Å²) in [5.74, 6) is -0.185. The number of hydrogen-bond acceptors (Lipinski definition) is 6. The molecule has 1 aromatic heterocycles. The van der Waals surface area contributed by atoms with Crippen molar-refractivity contribution in [2.24, 2.45) is 0 Å². The maximum Gasteiger partial charge on any atom is 0.324 e. The molecule has 1 saturated heterocycles. The Hall–Kier alpha value is -1.15. The Morgan fingerprint density at radius 3 is 3.12 bits per heavy atom. The van der Waals surface area contributed by atoms with Gasteiger partial charge in [-0.15, -0.1) is 10.2 Å². The molecule has 1 unspecified atom stereocenters. The van der Waals surface area contributed by atoms with E-state index in [2.05, 4.69) is 15.5 Å². The molecule has 0 bridgehead atoms. The number of nitrogens with zero attached hydrogens (tertiary/aromatic N) is 3. The molecule has 1 N–H and O–H groups in total. The highest BCUT2D eigenvalue weighted by Crippen LogP contribution is 2.25. The average Bonchev–Trinajstić information content (AvgIpc) is 2.88. The summed E-state index contributed by atoms with van der Waals surface area (Å²) in [5, 5.41) is 9.81. The number of imide groups is 1. The molecule has 0 aromatic carbocycles. The molecular weight excluding hydrogens is 248 g/mol. The molecule has 0 aliphatic carbocycles. The summed E-state index contributed by atoms with van der Waals surface area (Å²) >= 11 is 2.70. The Morgan fingerprint density at radius 2 is 2.56 bits per heavy atom. The zero-order valence-electron chi connectivity index (χ0n) is 8.54. The van der Waals surface area contributed by atoms with E-state index in [1.54, 1.807) is 12.4 Å². The Bertz CT molecular complexity index is 395. The van der Waals surface area contributed by atoms with Crippen LogP contribution in [0.2, 0.25) is 0 Å². The molecule has 3 amide bonds. The maximum absolute atomic E-state index is 11.9. The predicted molar refractivity (Wildman–Crippen MR) is 60.3 cm³/mol. The molecule has 1 atom stereocenters. The van der Waals surface area contributed by atoms with Gasteiger partial charge in [-0.2, -0.15) is 0 Å². The first-order valence-electron chi connectivity index (χ1n) is 4.70. The molecule has 1 aliphatic rings. The maximum atomic E-state index is 11.9. The number of carbonyl (C=O) groups is 2. The Labute approximate surface area is 100 Å². The van der Waals surface area contributed by atoms with Crippen LogP contribution in [0.1, 0.15) is 6.92 Å². The summed E-state index contributed by atoms with van der Waals surface area (Å²) < 4.78 is 0.737. The number of aromatic nitrogens is 2. The third-order valence-electron chi connectivity index (χ3n) is 2.09. The number of thioether (sulfide) groups is 1. The number of carbonyl (C=O) groups excluding carboxylic acids is 2. The second-order valence-electron chi connectivity index (χ2n) is 3.19. The van der Waals surface area contributed by atoms with Gasteiger partial charge in [-0.05, 0) is 6.92 Å². The van der Waals surface area contributed by atoms with Crippen molar-refractivity contribution in [1.29, 1.82) is 0 Å². The van der Waals surface area contributed by atoms with Crippen molar-refractivity contribution in [1.82, 2.24) is 20.4 Å². The molecule has 86 valence electrons. The van der Waals surface area contributed by atoms with Gasteiger partial charge in [0.05, 0.1) is 5.25 Å². The number of nitrogens with one attached hydrogen (secondary N) is 1. The highest BCUT2D eigenvalue weighted by Gasteiger charge is 2.30. The predicted octanol–water partition coefficient (Wildman–Crippen LogP) is 0.571. The summed E-state index contributed by atoms with van der Waals surface area (Å²) in [6.45, 7) is 2.74. The van der Waals surface area contributed by atoms with Crippen molar-refractivity contribution >= 4 is 35.0 Å². The fraction of sp³-hybridized carbons (Fsp3) is 0.500. The van der Waals surface area contributed by atoms with Crippen molar-refractivity contribution in [3.8, 4) is 0 Å². The third kappa shape index (κ3) is 2.33. The van der Waals surface area contributed by atoms with E-state index < -0.39 is 0 Å². The normalized spacial score (nSPS) is 17.3. The van der Waals surface area contributed by atoms with Gasteiger partial charge in [0.25, 0.3) is 0 Å². The average molecular weight is 258 g/mol. The molecule has 1 aromatic rings. The minimum absolute atomic E-state index is 0.185. The van der Waals surface area contributed by atoms with E-state index in [0.29, 0.717) is 13.1 Å². The van der Waals surface area contributed by atoms with Crippen molar-refractivity contribution in [2.75, 3.05) is 13.1 Å². The molecule has 1 aliphatic heterocycles. The SMILES string of the molecule is CC(Sc1nncs1)C(=O)N1CCNC1=O. The summed E-state index contributed by atoms with van der Waals surface area (Å²) in [7, 11) is 0. The lowest BCUT2D eigenvalue weighted by Crippen LogP contribution is -2.38. The second-order valence-corrected chi connectivity index (χ2v) is 5.61. The summed E-state index contributed by atoms with van der Waals surface area (Å²) in [6, 6.07) is -0.310. The lowest BCUT2D eigenvalue weighted by Gasteiger charge is -2.16. The van der Waals surface area contributed by atoms with E-state index in [9.17, 15) is 9.59 Å². The molecule has 2 rings (SSSR count). The highest BCUT2D eigenvalue weighted by molar-refractivity contribution is 8.02. The minimum atomic E-state index is -0.322. The Balaban J connectivity index is 1.96. The van der Waals surface area contributed by atoms with E-state index >= 15 is 0 Å². The van der Waals surface area contributed by atoms with Crippen LogP contribution < -0.4 is 5.32 Å². The smallest absolute Gasteiger partial charge is 0.324 e.